The van der Waals surface area contributed by atoms with Gasteiger partial charge in [0, 0.05) is 12.7 Å². The molecule has 0 radical (unpaired) electrons. The molecule has 0 unspecified atom stereocenters. The van der Waals surface area contributed by atoms with Crippen molar-refractivity contribution in [1.82, 2.24) is 9.97 Å². The van der Waals surface area contributed by atoms with Crippen molar-refractivity contribution in [1.29, 1.82) is 0 Å². The first-order valence-electron chi connectivity index (χ1n) is 6.12. The Morgan fingerprint density at radius 1 is 1.35 bits per heavy atom. The number of hydrogen-bond donors (Lipinski definition) is 0. The fourth-order valence-corrected chi connectivity index (χ4v) is 2.34. The van der Waals surface area contributed by atoms with E-state index in [4.69, 9.17) is 11.6 Å². The van der Waals surface area contributed by atoms with E-state index in [1.807, 2.05) is 37.3 Å². The van der Waals surface area contributed by atoms with Gasteiger partial charge in [0.15, 0.2) is 10.9 Å². The summed E-state index contributed by atoms with van der Waals surface area (Å²) in [6.07, 6.45) is 1.47. The van der Waals surface area contributed by atoms with Gasteiger partial charge in [-0.05, 0) is 17.9 Å². The molecule has 20 heavy (non-hydrogen) atoms. The summed E-state index contributed by atoms with van der Waals surface area (Å²) in [5.74, 6) is 0.589. The summed E-state index contributed by atoms with van der Waals surface area (Å²) >= 11 is 7.51. The van der Waals surface area contributed by atoms with E-state index in [1.54, 1.807) is 7.05 Å². The predicted molar refractivity (Wildman–Crippen MR) is 82.6 cm³/mol. The minimum atomic E-state index is -0.249. The molecule has 0 saturated carbocycles. The van der Waals surface area contributed by atoms with Gasteiger partial charge >= 0.3 is 0 Å². The second-order valence-electron chi connectivity index (χ2n) is 3.98. The first kappa shape index (κ1) is 14.8. The van der Waals surface area contributed by atoms with Gasteiger partial charge in [-0.3, -0.25) is 4.79 Å². The molecule has 1 aromatic carbocycles. The molecule has 0 N–H and O–H groups in total. The van der Waals surface area contributed by atoms with Gasteiger partial charge in [0.1, 0.15) is 0 Å². The SMILES string of the molecule is CCSc1ncc(Cl)c(C(=O)N(C)c2ccccc2)n1. The molecule has 104 valence electrons. The monoisotopic (exact) mass is 307 g/mol. The summed E-state index contributed by atoms with van der Waals surface area (Å²) in [5, 5.41) is 0.819. The molecule has 0 bridgehead atoms. The number of anilines is 1. The minimum Gasteiger partial charge on any atom is -0.310 e. The quantitative estimate of drug-likeness (QED) is 0.640. The molecule has 0 aliphatic heterocycles. The van der Waals surface area contributed by atoms with Gasteiger partial charge < -0.3 is 4.90 Å². The molecule has 0 atom stereocenters. The summed E-state index contributed by atoms with van der Waals surface area (Å²) in [5.41, 5.74) is 1.01. The first-order valence-corrected chi connectivity index (χ1v) is 7.48. The third kappa shape index (κ3) is 3.29. The highest BCUT2D eigenvalue weighted by Gasteiger charge is 2.19. The summed E-state index contributed by atoms with van der Waals surface area (Å²) in [7, 11) is 1.70. The second-order valence-corrected chi connectivity index (χ2v) is 5.62. The number of thioether (sulfide) groups is 1. The number of amides is 1. The van der Waals surface area contributed by atoms with E-state index in [2.05, 4.69) is 9.97 Å². The molecule has 0 aliphatic rings. The summed E-state index contributed by atoms with van der Waals surface area (Å²) < 4.78 is 0. The number of halogens is 1. The third-order valence-corrected chi connectivity index (χ3v) is 3.67. The fourth-order valence-electron chi connectivity index (χ4n) is 1.63. The summed E-state index contributed by atoms with van der Waals surface area (Å²) in [4.78, 5) is 22.3. The van der Waals surface area contributed by atoms with Crippen molar-refractivity contribution in [2.24, 2.45) is 0 Å². The molecule has 1 amide bonds. The van der Waals surface area contributed by atoms with Crippen LogP contribution >= 0.6 is 23.4 Å². The van der Waals surface area contributed by atoms with Crippen LogP contribution in [0.5, 0.6) is 0 Å². The van der Waals surface area contributed by atoms with Crippen molar-refractivity contribution in [2.45, 2.75) is 12.1 Å². The van der Waals surface area contributed by atoms with Gasteiger partial charge in [-0.15, -0.1) is 0 Å². The van der Waals surface area contributed by atoms with E-state index in [-0.39, 0.29) is 16.6 Å². The molecule has 0 fully saturated rings. The third-order valence-electron chi connectivity index (χ3n) is 2.65. The highest BCUT2D eigenvalue weighted by atomic mass is 35.5. The van der Waals surface area contributed by atoms with E-state index in [1.165, 1.54) is 22.9 Å². The van der Waals surface area contributed by atoms with E-state index >= 15 is 0 Å². The molecule has 0 spiro atoms. The van der Waals surface area contributed by atoms with Crippen LogP contribution in [0.4, 0.5) is 5.69 Å². The average molecular weight is 308 g/mol. The number of aromatic nitrogens is 2. The van der Waals surface area contributed by atoms with E-state index < -0.39 is 0 Å². The Morgan fingerprint density at radius 2 is 2.05 bits per heavy atom. The number of benzene rings is 1. The van der Waals surface area contributed by atoms with Crippen LogP contribution in [0.2, 0.25) is 5.02 Å². The Morgan fingerprint density at radius 3 is 2.70 bits per heavy atom. The maximum atomic E-state index is 12.5. The molecule has 2 aromatic rings. The molecule has 0 aliphatic carbocycles. The number of para-hydroxylation sites is 1. The van der Waals surface area contributed by atoms with Crippen LogP contribution in [-0.4, -0.2) is 28.7 Å². The van der Waals surface area contributed by atoms with Gasteiger partial charge in [-0.1, -0.05) is 48.5 Å². The molecule has 2 rings (SSSR count). The lowest BCUT2D eigenvalue weighted by Crippen LogP contribution is -2.27. The summed E-state index contributed by atoms with van der Waals surface area (Å²) in [6, 6.07) is 9.36. The highest BCUT2D eigenvalue weighted by molar-refractivity contribution is 7.99. The van der Waals surface area contributed by atoms with Crippen LogP contribution in [0.25, 0.3) is 0 Å². The zero-order valence-electron chi connectivity index (χ0n) is 11.2. The Balaban J connectivity index is 2.31. The summed E-state index contributed by atoms with van der Waals surface area (Å²) in [6.45, 7) is 2.00. The molecular formula is C14H14ClN3OS. The van der Waals surface area contributed by atoms with Crippen LogP contribution in [0.15, 0.2) is 41.7 Å². The maximum Gasteiger partial charge on any atom is 0.278 e. The Labute approximate surface area is 127 Å². The number of carbonyl (C=O) groups excluding carboxylic acids is 1. The van der Waals surface area contributed by atoms with Crippen LogP contribution in [0, 0.1) is 0 Å². The number of hydrogen-bond acceptors (Lipinski definition) is 4. The van der Waals surface area contributed by atoms with Crippen molar-refractivity contribution >= 4 is 35.0 Å². The Kier molecular flexibility index (Phi) is 4.98. The number of carbonyl (C=O) groups is 1. The van der Waals surface area contributed by atoms with Crippen molar-refractivity contribution in [3.63, 3.8) is 0 Å². The van der Waals surface area contributed by atoms with E-state index in [0.29, 0.717) is 5.16 Å². The highest BCUT2D eigenvalue weighted by Crippen LogP contribution is 2.21. The van der Waals surface area contributed by atoms with Gasteiger partial charge in [0.2, 0.25) is 0 Å². The molecule has 1 heterocycles. The molecule has 6 heteroatoms. The van der Waals surface area contributed by atoms with Crippen LogP contribution in [0.3, 0.4) is 0 Å². The van der Waals surface area contributed by atoms with Gasteiger partial charge in [0.05, 0.1) is 11.2 Å². The molecular weight excluding hydrogens is 294 g/mol. The second kappa shape index (κ2) is 6.72. The van der Waals surface area contributed by atoms with Crippen molar-refractivity contribution in [2.75, 3.05) is 17.7 Å². The van der Waals surface area contributed by atoms with Crippen molar-refractivity contribution in [3.05, 3.63) is 47.2 Å². The lowest BCUT2D eigenvalue weighted by Gasteiger charge is -2.17. The zero-order chi connectivity index (χ0) is 14.5. The van der Waals surface area contributed by atoms with Crippen LogP contribution in [-0.2, 0) is 0 Å². The van der Waals surface area contributed by atoms with Crippen LogP contribution in [0.1, 0.15) is 17.4 Å². The van der Waals surface area contributed by atoms with Gasteiger partial charge in [-0.25, -0.2) is 9.97 Å². The first-order chi connectivity index (χ1) is 9.63. The zero-order valence-corrected chi connectivity index (χ0v) is 12.8. The van der Waals surface area contributed by atoms with Crippen molar-refractivity contribution < 1.29 is 4.79 Å². The smallest absolute Gasteiger partial charge is 0.278 e. The topological polar surface area (TPSA) is 46.1 Å². The largest absolute Gasteiger partial charge is 0.310 e. The Hall–Kier alpha value is -1.59. The molecule has 1 aromatic heterocycles. The average Bonchev–Trinajstić information content (AvgIpc) is 2.49. The number of nitrogens with zero attached hydrogens (tertiary/aromatic N) is 3. The van der Waals surface area contributed by atoms with E-state index in [9.17, 15) is 4.79 Å². The van der Waals surface area contributed by atoms with Crippen LogP contribution < -0.4 is 4.90 Å². The minimum absolute atomic E-state index is 0.226. The van der Waals surface area contributed by atoms with E-state index in [0.717, 1.165) is 11.4 Å². The normalized spacial score (nSPS) is 10.3. The fraction of sp³-hybridized carbons (Fsp3) is 0.214. The molecule has 4 nitrogen and oxygen atoms in total. The standard InChI is InChI=1S/C14H14ClN3OS/c1-3-20-14-16-9-11(15)12(17-14)13(19)18(2)10-7-5-4-6-8-10/h4-9H,3H2,1-2H3. The Bertz CT molecular complexity index is 607. The predicted octanol–water partition coefficient (Wildman–Crippen LogP) is 3.52. The number of rotatable bonds is 4. The van der Waals surface area contributed by atoms with Crippen molar-refractivity contribution in [3.8, 4) is 0 Å². The molecule has 0 saturated heterocycles. The lowest BCUT2D eigenvalue weighted by atomic mass is 10.2. The lowest BCUT2D eigenvalue weighted by molar-refractivity contribution is 0.0987. The van der Waals surface area contributed by atoms with Gasteiger partial charge in [-0.2, -0.15) is 0 Å². The van der Waals surface area contributed by atoms with Gasteiger partial charge in [0.25, 0.3) is 5.91 Å². The maximum absolute atomic E-state index is 12.5.